The molecule has 1 aromatic carbocycles. The average Bonchev–Trinajstić information content (AvgIpc) is 3.49. The van der Waals surface area contributed by atoms with Crippen LogP contribution in [0.2, 0.25) is 0 Å². The Hall–Kier alpha value is -3.36. The molecule has 1 N–H and O–H groups in total. The van der Waals surface area contributed by atoms with Gasteiger partial charge in [-0.05, 0) is 66.3 Å². The smallest absolute Gasteiger partial charge is 0.253 e. The summed E-state index contributed by atoms with van der Waals surface area (Å²) < 4.78 is 15.3. The van der Waals surface area contributed by atoms with Crippen LogP contribution in [0, 0.1) is 11.7 Å². The summed E-state index contributed by atoms with van der Waals surface area (Å²) in [5.74, 6) is 1.08. The molecule has 2 aromatic heterocycles. The molecule has 31 heavy (non-hydrogen) atoms. The van der Waals surface area contributed by atoms with Crippen LogP contribution in [-0.2, 0) is 6.54 Å². The van der Waals surface area contributed by atoms with Gasteiger partial charge in [0.15, 0.2) is 0 Å². The number of carbonyl (C=O) groups is 1. The molecule has 3 aromatic rings. The molecule has 2 aliphatic rings. The van der Waals surface area contributed by atoms with Gasteiger partial charge in [0.25, 0.3) is 5.91 Å². The second-order valence-corrected chi connectivity index (χ2v) is 8.28. The Morgan fingerprint density at radius 1 is 1.13 bits per heavy atom. The van der Waals surface area contributed by atoms with E-state index >= 15 is 0 Å². The number of tetrazole rings is 1. The van der Waals surface area contributed by atoms with Crippen molar-refractivity contribution in [2.75, 3.05) is 18.0 Å². The standard InChI is InChI=1S/C22H24FN7O/c23-18-3-1-2-16(12-18)20-7-6-17(13-24-20)21(31)25-19-8-10-29(11-9-19)22-26-27-28-30(22)14-15-4-5-15/h1-3,6-7,12-13,15,19H,4-5,8-11,14H2,(H,25,31). The molecule has 0 bridgehead atoms. The molecule has 0 unspecified atom stereocenters. The van der Waals surface area contributed by atoms with E-state index in [1.54, 1.807) is 24.3 Å². The minimum atomic E-state index is -0.311. The zero-order valence-electron chi connectivity index (χ0n) is 17.1. The van der Waals surface area contributed by atoms with E-state index in [0.29, 0.717) is 22.7 Å². The van der Waals surface area contributed by atoms with E-state index in [1.165, 1.54) is 31.2 Å². The number of nitrogens with one attached hydrogen (secondary N) is 1. The maximum atomic E-state index is 13.4. The van der Waals surface area contributed by atoms with Crippen molar-refractivity contribution in [2.24, 2.45) is 5.92 Å². The van der Waals surface area contributed by atoms with Crippen molar-refractivity contribution in [3.05, 3.63) is 54.0 Å². The van der Waals surface area contributed by atoms with E-state index in [0.717, 1.165) is 38.4 Å². The van der Waals surface area contributed by atoms with Crippen LogP contribution < -0.4 is 10.2 Å². The van der Waals surface area contributed by atoms with Crippen LogP contribution >= 0.6 is 0 Å². The summed E-state index contributed by atoms with van der Waals surface area (Å²) in [5.41, 5.74) is 1.81. The first-order valence-electron chi connectivity index (χ1n) is 10.7. The maximum Gasteiger partial charge on any atom is 0.253 e. The molecule has 0 radical (unpaired) electrons. The van der Waals surface area contributed by atoms with Crippen molar-refractivity contribution in [2.45, 2.75) is 38.3 Å². The number of hydrogen-bond donors (Lipinski definition) is 1. The Bertz CT molecular complexity index is 1060. The number of carbonyl (C=O) groups excluding carboxylic acids is 1. The summed E-state index contributed by atoms with van der Waals surface area (Å²) >= 11 is 0. The van der Waals surface area contributed by atoms with Crippen molar-refractivity contribution >= 4 is 11.9 Å². The number of amides is 1. The number of nitrogens with zero attached hydrogens (tertiary/aromatic N) is 6. The van der Waals surface area contributed by atoms with Crippen LogP contribution in [0.4, 0.5) is 10.3 Å². The molecule has 3 heterocycles. The molecule has 5 rings (SSSR count). The number of anilines is 1. The first-order chi connectivity index (χ1) is 15.2. The summed E-state index contributed by atoms with van der Waals surface area (Å²) in [4.78, 5) is 19.2. The van der Waals surface area contributed by atoms with E-state index in [-0.39, 0.29) is 17.8 Å². The fraction of sp³-hybridized carbons (Fsp3) is 0.409. The largest absolute Gasteiger partial charge is 0.349 e. The Labute approximate surface area is 179 Å². The van der Waals surface area contributed by atoms with Gasteiger partial charge in [0, 0.05) is 37.4 Å². The molecule has 0 atom stereocenters. The lowest BCUT2D eigenvalue weighted by molar-refractivity contribution is 0.0930. The fourth-order valence-corrected chi connectivity index (χ4v) is 3.93. The van der Waals surface area contributed by atoms with Crippen LogP contribution in [0.25, 0.3) is 11.3 Å². The lowest BCUT2D eigenvalue weighted by Crippen LogP contribution is -2.45. The maximum absolute atomic E-state index is 13.4. The number of aromatic nitrogens is 5. The summed E-state index contributed by atoms with van der Waals surface area (Å²) in [6.07, 6.45) is 5.71. The number of pyridine rings is 1. The molecule has 1 aliphatic heterocycles. The van der Waals surface area contributed by atoms with Crippen molar-refractivity contribution in [3.8, 4) is 11.3 Å². The van der Waals surface area contributed by atoms with E-state index in [4.69, 9.17) is 0 Å². The number of piperidine rings is 1. The van der Waals surface area contributed by atoms with Crippen LogP contribution in [0.3, 0.4) is 0 Å². The van der Waals surface area contributed by atoms with Crippen molar-refractivity contribution < 1.29 is 9.18 Å². The summed E-state index contributed by atoms with van der Waals surface area (Å²) in [5, 5.41) is 15.3. The zero-order chi connectivity index (χ0) is 21.2. The molecule has 1 aliphatic carbocycles. The van der Waals surface area contributed by atoms with Crippen LogP contribution in [-0.4, -0.2) is 50.2 Å². The van der Waals surface area contributed by atoms with Gasteiger partial charge in [-0.1, -0.05) is 17.2 Å². The number of rotatable bonds is 6. The first kappa shape index (κ1) is 19.6. The average molecular weight is 421 g/mol. The van der Waals surface area contributed by atoms with Gasteiger partial charge in [0.05, 0.1) is 11.3 Å². The minimum absolute atomic E-state index is 0.0967. The highest BCUT2D eigenvalue weighted by Gasteiger charge is 2.28. The Kier molecular flexibility index (Phi) is 5.31. The molecule has 2 fully saturated rings. The molecule has 1 saturated heterocycles. The number of benzene rings is 1. The monoisotopic (exact) mass is 421 g/mol. The molecule has 9 heteroatoms. The van der Waals surface area contributed by atoms with Gasteiger partial charge in [-0.3, -0.25) is 9.78 Å². The van der Waals surface area contributed by atoms with Gasteiger partial charge >= 0.3 is 0 Å². The van der Waals surface area contributed by atoms with Crippen LogP contribution in [0.15, 0.2) is 42.6 Å². The molecule has 0 spiro atoms. The molecular formula is C22H24FN7O. The number of hydrogen-bond acceptors (Lipinski definition) is 6. The third kappa shape index (κ3) is 4.55. The van der Waals surface area contributed by atoms with Gasteiger partial charge in [-0.15, -0.1) is 0 Å². The molecule has 1 amide bonds. The summed E-state index contributed by atoms with van der Waals surface area (Å²) in [6, 6.07) is 9.82. The minimum Gasteiger partial charge on any atom is -0.349 e. The van der Waals surface area contributed by atoms with Crippen LogP contribution in [0.1, 0.15) is 36.0 Å². The normalized spacial score (nSPS) is 17.0. The summed E-state index contributed by atoms with van der Waals surface area (Å²) in [6.45, 7) is 2.48. The molecule has 160 valence electrons. The molecular weight excluding hydrogens is 397 g/mol. The Morgan fingerprint density at radius 3 is 2.68 bits per heavy atom. The summed E-state index contributed by atoms with van der Waals surface area (Å²) in [7, 11) is 0. The van der Waals surface area contributed by atoms with Gasteiger partial charge in [-0.2, -0.15) is 0 Å². The fourth-order valence-electron chi connectivity index (χ4n) is 3.93. The second-order valence-electron chi connectivity index (χ2n) is 8.28. The van der Waals surface area contributed by atoms with E-state index in [9.17, 15) is 9.18 Å². The topological polar surface area (TPSA) is 88.8 Å². The molecule has 8 nitrogen and oxygen atoms in total. The Morgan fingerprint density at radius 2 is 1.97 bits per heavy atom. The van der Waals surface area contributed by atoms with Gasteiger partial charge < -0.3 is 10.2 Å². The zero-order valence-corrected chi connectivity index (χ0v) is 17.1. The highest BCUT2D eigenvalue weighted by molar-refractivity contribution is 5.94. The lowest BCUT2D eigenvalue weighted by atomic mass is 10.0. The highest BCUT2D eigenvalue weighted by atomic mass is 19.1. The molecule has 1 saturated carbocycles. The van der Waals surface area contributed by atoms with Crippen LogP contribution in [0.5, 0.6) is 0 Å². The van der Waals surface area contributed by atoms with Gasteiger partial charge in [0.2, 0.25) is 5.95 Å². The Balaban J connectivity index is 1.16. The van der Waals surface area contributed by atoms with Gasteiger partial charge in [0.1, 0.15) is 5.82 Å². The SMILES string of the molecule is O=C(NC1CCN(c2nnnn2CC2CC2)CC1)c1ccc(-c2cccc(F)c2)nc1. The first-order valence-corrected chi connectivity index (χ1v) is 10.7. The van der Waals surface area contributed by atoms with Crippen molar-refractivity contribution in [1.82, 2.24) is 30.5 Å². The third-order valence-electron chi connectivity index (χ3n) is 5.90. The van der Waals surface area contributed by atoms with E-state index in [1.807, 2.05) is 4.68 Å². The van der Waals surface area contributed by atoms with E-state index < -0.39 is 0 Å². The number of halogens is 1. The predicted molar refractivity (Wildman–Crippen MR) is 113 cm³/mol. The quantitative estimate of drug-likeness (QED) is 0.658. The highest BCUT2D eigenvalue weighted by Crippen LogP contribution is 2.31. The predicted octanol–water partition coefficient (Wildman–Crippen LogP) is 2.68. The third-order valence-corrected chi connectivity index (χ3v) is 5.90. The lowest BCUT2D eigenvalue weighted by Gasteiger charge is -2.32. The van der Waals surface area contributed by atoms with Gasteiger partial charge in [-0.25, -0.2) is 9.07 Å². The van der Waals surface area contributed by atoms with E-state index in [2.05, 4.69) is 30.7 Å². The van der Waals surface area contributed by atoms with Crippen molar-refractivity contribution in [1.29, 1.82) is 0 Å². The van der Waals surface area contributed by atoms with Crippen molar-refractivity contribution in [3.63, 3.8) is 0 Å². The second kappa shape index (κ2) is 8.41.